The molecule has 0 radical (unpaired) electrons. The Morgan fingerprint density at radius 1 is 1.33 bits per heavy atom. The second-order valence-electron chi connectivity index (χ2n) is 4.85. The van der Waals surface area contributed by atoms with Crippen LogP contribution in [-0.4, -0.2) is 40.3 Å². The Hall–Kier alpha value is -1.70. The van der Waals surface area contributed by atoms with Crippen LogP contribution in [0.25, 0.3) is 0 Å². The summed E-state index contributed by atoms with van der Waals surface area (Å²) in [5.41, 5.74) is 0.740. The smallest absolute Gasteiger partial charge is 0.341 e. The first kappa shape index (κ1) is 15.7. The van der Waals surface area contributed by atoms with Crippen LogP contribution in [0, 0.1) is 5.92 Å². The first-order chi connectivity index (χ1) is 9.84. The molecule has 1 aliphatic heterocycles. The summed E-state index contributed by atoms with van der Waals surface area (Å²) in [4.78, 5) is 12.6. The zero-order valence-corrected chi connectivity index (χ0v) is 12.1. The number of esters is 1. The van der Waals surface area contributed by atoms with Crippen molar-refractivity contribution in [3.63, 3.8) is 0 Å². The van der Waals surface area contributed by atoms with Gasteiger partial charge in [-0.15, -0.1) is 0 Å². The topological polar surface area (TPSA) is 63.7 Å². The number of anilines is 1. The molecule has 0 N–H and O–H groups in total. The highest BCUT2D eigenvalue weighted by atomic mass is 32.2. The number of ether oxygens (including phenoxy) is 1. The van der Waals surface area contributed by atoms with Crippen molar-refractivity contribution in [2.75, 3.05) is 25.1 Å². The number of sulfone groups is 1. The molecule has 1 aliphatic rings. The summed E-state index contributed by atoms with van der Waals surface area (Å²) < 4.78 is 52.0. The average Bonchev–Trinajstić information content (AvgIpc) is 2.42. The van der Waals surface area contributed by atoms with Crippen molar-refractivity contribution in [3.05, 3.63) is 24.3 Å². The minimum Gasteiger partial charge on any atom is -0.469 e. The Bertz CT molecular complexity index is 610. The summed E-state index contributed by atoms with van der Waals surface area (Å²) in [7, 11) is -3.22. The molecule has 21 heavy (non-hydrogen) atoms. The van der Waals surface area contributed by atoms with Gasteiger partial charge in [-0.05, 0) is 24.3 Å². The second-order valence-corrected chi connectivity index (χ2v) is 6.77. The predicted molar refractivity (Wildman–Crippen MR) is 72.0 cm³/mol. The molecule has 5 nitrogen and oxygen atoms in total. The first-order valence-electron chi connectivity index (χ1n) is 6.28. The monoisotopic (exact) mass is 319 g/mol. The highest BCUT2D eigenvalue weighted by molar-refractivity contribution is 7.91. The maximum absolute atomic E-state index is 12.4. The molecular formula is C13H15F2NO4S. The van der Waals surface area contributed by atoms with Gasteiger partial charge in [-0.25, -0.2) is 8.42 Å². The van der Waals surface area contributed by atoms with Crippen molar-refractivity contribution < 1.29 is 26.7 Å². The number of halogens is 2. The number of carbonyl (C=O) groups excluding carboxylic acids is 1. The summed E-state index contributed by atoms with van der Waals surface area (Å²) in [6, 6.07) is 5.32. The summed E-state index contributed by atoms with van der Waals surface area (Å²) in [6.45, 7) is 1.30. The van der Waals surface area contributed by atoms with Gasteiger partial charge in [-0.3, -0.25) is 4.79 Å². The summed E-state index contributed by atoms with van der Waals surface area (Å²) in [5.74, 6) is -3.49. The van der Waals surface area contributed by atoms with Gasteiger partial charge >= 0.3 is 11.7 Å². The molecule has 0 spiro atoms. The second kappa shape index (κ2) is 5.97. The Morgan fingerprint density at radius 2 is 1.90 bits per heavy atom. The van der Waals surface area contributed by atoms with Gasteiger partial charge in [-0.2, -0.15) is 8.78 Å². The lowest BCUT2D eigenvalue weighted by Crippen LogP contribution is -2.47. The van der Waals surface area contributed by atoms with E-state index >= 15 is 0 Å². The molecule has 0 aliphatic carbocycles. The lowest BCUT2D eigenvalue weighted by atomic mass is 9.95. The molecule has 0 bridgehead atoms. The molecule has 0 saturated carbocycles. The van der Waals surface area contributed by atoms with Crippen LogP contribution in [0.4, 0.5) is 14.5 Å². The SMILES string of the molecule is COC(=O)CC1CN(c2ccc(S(=O)(=O)C(F)F)cc2)C1. The molecule has 0 amide bonds. The van der Waals surface area contributed by atoms with Crippen LogP contribution < -0.4 is 4.90 Å². The van der Waals surface area contributed by atoms with Gasteiger partial charge in [0.1, 0.15) is 0 Å². The molecule has 0 atom stereocenters. The van der Waals surface area contributed by atoms with E-state index in [1.807, 2.05) is 4.90 Å². The van der Waals surface area contributed by atoms with Crippen LogP contribution in [0.15, 0.2) is 29.2 Å². The minimum atomic E-state index is -4.55. The molecule has 116 valence electrons. The van der Waals surface area contributed by atoms with Crippen LogP contribution in [0.5, 0.6) is 0 Å². The van der Waals surface area contributed by atoms with Gasteiger partial charge in [-0.1, -0.05) is 0 Å². The zero-order chi connectivity index (χ0) is 15.6. The number of hydrogen-bond donors (Lipinski definition) is 0. The average molecular weight is 319 g/mol. The predicted octanol–water partition coefficient (Wildman–Crippen LogP) is 1.68. The van der Waals surface area contributed by atoms with Gasteiger partial charge in [0.2, 0.25) is 9.84 Å². The number of benzene rings is 1. The molecule has 2 rings (SSSR count). The Balaban J connectivity index is 1.98. The van der Waals surface area contributed by atoms with Crippen molar-refractivity contribution >= 4 is 21.5 Å². The normalized spacial score (nSPS) is 15.9. The number of nitrogens with zero attached hydrogens (tertiary/aromatic N) is 1. The third kappa shape index (κ3) is 3.31. The van der Waals surface area contributed by atoms with E-state index in [4.69, 9.17) is 0 Å². The van der Waals surface area contributed by atoms with Gasteiger partial charge in [0.25, 0.3) is 0 Å². The third-order valence-electron chi connectivity index (χ3n) is 3.41. The molecule has 1 saturated heterocycles. The van der Waals surface area contributed by atoms with Crippen molar-refractivity contribution in [2.45, 2.75) is 17.1 Å². The van der Waals surface area contributed by atoms with Crippen LogP contribution in [0.3, 0.4) is 0 Å². The lowest BCUT2D eigenvalue weighted by molar-refractivity contribution is -0.141. The van der Waals surface area contributed by atoms with Gasteiger partial charge in [0.15, 0.2) is 0 Å². The molecule has 8 heteroatoms. The third-order valence-corrected chi connectivity index (χ3v) is 4.80. The van der Waals surface area contributed by atoms with Crippen molar-refractivity contribution in [1.82, 2.24) is 0 Å². The van der Waals surface area contributed by atoms with E-state index < -0.39 is 20.5 Å². The fraction of sp³-hybridized carbons (Fsp3) is 0.462. The minimum absolute atomic E-state index is 0.196. The van der Waals surface area contributed by atoms with Crippen LogP contribution in [0.2, 0.25) is 0 Å². The molecule has 1 heterocycles. The van der Waals surface area contributed by atoms with E-state index in [1.54, 1.807) is 0 Å². The highest BCUT2D eigenvalue weighted by Crippen LogP contribution is 2.28. The molecule has 0 unspecified atom stereocenters. The molecular weight excluding hydrogens is 304 g/mol. The van der Waals surface area contributed by atoms with E-state index in [-0.39, 0.29) is 11.9 Å². The maximum atomic E-state index is 12.4. The van der Waals surface area contributed by atoms with Crippen molar-refractivity contribution in [2.24, 2.45) is 5.92 Å². The Morgan fingerprint density at radius 3 is 2.38 bits per heavy atom. The number of methoxy groups -OCH3 is 1. The number of hydrogen-bond acceptors (Lipinski definition) is 5. The molecule has 0 aromatic heterocycles. The van der Waals surface area contributed by atoms with Gasteiger partial charge < -0.3 is 9.64 Å². The first-order valence-corrected chi connectivity index (χ1v) is 7.83. The van der Waals surface area contributed by atoms with Crippen molar-refractivity contribution in [1.29, 1.82) is 0 Å². The fourth-order valence-electron chi connectivity index (χ4n) is 2.18. The number of rotatable bonds is 5. The Labute approximate surface area is 121 Å². The largest absolute Gasteiger partial charge is 0.469 e. The maximum Gasteiger partial charge on any atom is 0.341 e. The standard InChI is InChI=1S/C13H15F2NO4S/c1-20-12(17)6-9-7-16(8-9)10-2-4-11(5-3-10)21(18,19)13(14)15/h2-5,9,13H,6-8H2,1H3. The Kier molecular flexibility index (Phi) is 4.46. The van der Waals surface area contributed by atoms with E-state index in [9.17, 15) is 22.0 Å². The van der Waals surface area contributed by atoms with Crippen LogP contribution in [-0.2, 0) is 19.4 Å². The highest BCUT2D eigenvalue weighted by Gasteiger charge is 2.30. The molecule has 1 aromatic carbocycles. The van der Waals surface area contributed by atoms with Crippen LogP contribution >= 0.6 is 0 Å². The lowest BCUT2D eigenvalue weighted by Gasteiger charge is -2.40. The van der Waals surface area contributed by atoms with E-state index in [1.165, 1.54) is 31.4 Å². The summed E-state index contributed by atoms with van der Waals surface area (Å²) >= 11 is 0. The van der Waals surface area contributed by atoms with Gasteiger partial charge in [0.05, 0.1) is 18.4 Å². The number of alkyl halides is 2. The van der Waals surface area contributed by atoms with E-state index in [2.05, 4.69) is 4.74 Å². The fourth-order valence-corrected chi connectivity index (χ4v) is 2.90. The van der Waals surface area contributed by atoms with E-state index in [0.29, 0.717) is 19.5 Å². The number of carbonyl (C=O) groups is 1. The zero-order valence-electron chi connectivity index (χ0n) is 11.3. The quantitative estimate of drug-likeness (QED) is 0.773. The summed E-state index contributed by atoms with van der Waals surface area (Å²) in [5, 5.41) is 0. The van der Waals surface area contributed by atoms with Gasteiger partial charge in [0, 0.05) is 24.7 Å². The summed E-state index contributed by atoms with van der Waals surface area (Å²) in [6.07, 6.45) is 0.338. The van der Waals surface area contributed by atoms with E-state index in [0.717, 1.165) is 5.69 Å². The molecule has 1 aromatic rings. The molecule has 1 fully saturated rings. The van der Waals surface area contributed by atoms with Crippen molar-refractivity contribution in [3.8, 4) is 0 Å². The van der Waals surface area contributed by atoms with Crippen LogP contribution in [0.1, 0.15) is 6.42 Å².